The lowest BCUT2D eigenvalue weighted by molar-refractivity contribution is 0.0786. The summed E-state index contributed by atoms with van der Waals surface area (Å²) < 4.78 is 5.58. The van der Waals surface area contributed by atoms with Gasteiger partial charge in [0.1, 0.15) is 17.3 Å². The Labute approximate surface area is 124 Å². The predicted octanol–water partition coefficient (Wildman–Crippen LogP) is 1.61. The molecule has 1 aromatic heterocycles. The zero-order valence-electron chi connectivity index (χ0n) is 12.5. The Bertz CT molecular complexity index is 508. The second kappa shape index (κ2) is 6.39. The standard InChI is InChI=1S/C15H22N4O2/c1-11-17-13(15(20)19-6-2-3-7-19)9-14(18-11)16-10-12-5-4-8-21-12/h9,12H,2-8,10H2,1H3,(H,16,17,18)/t12-/m1/s1. The molecule has 1 aromatic rings. The van der Waals surface area contributed by atoms with Gasteiger partial charge in [-0.1, -0.05) is 0 Å². The van der Waals surface area contributed by atoms with Crippen LogP contribution in [-0.4, -0.2) is 53.1 Å². The first-order valence-corrected chi connectivity index (χ1v) is 7.73. The number of anilines is 1. The van der Waals surface area contributed by atoms with Gasteiger partial charge in [0.2, 0.25) is 0 Å². The molecule has 0 saturated carbocycles. The van der Waals surface area contributed by atoms with Crippen LogP contribution in [0, 0.1) is 6.92 Å². The van der Waals surface area contributed by atoms with Crippen molar-refractivity contribution in [3.05, 3.63) is 17.6 Å². The summed E-state index contributed by atoms with van der Waals surface area (Å²) in [6.07, 6.45) is 4.61. The van der Waals surface area contributed by atoms with Crippen molar-refractivity contribution >= 4 is 11.7 Å². The van der Waals surface area contributed by atoms with Crippen LogP contribution in [0.2, 0.25) is 0 Å². The maximum absolute atomic E-state index is 12.4. The third kappa shape index (κ3) is 3.50. The molecule has 0 aromatic carbocycles. The number of hydrogen-bond donors (Lipinski definition) is 1. The number of aromatic nitrogens is 2. The van der Waals surface area contributed by atoms with Crippen molar-refractivity contribution in [3.8, 4) is 0 Å². The minimum atomic E-state index is 0.0122. The van der Waals surface area contributed by atoms with E-state index in [0.717, 1.165) is 51.9 Å². The summed E-state index contributed by atoms with van der Waals surface area (Å²) in [7, 11) is 0. The number of rotatable bonds is 4. The highest BCUT2D eigenvalue weighted by atomic mass is 16.5. The third-order valence-electron chi connectivity index (χ3n) is 3.99. The summed E-state index contributed by atoms with van der Waals surface area (Å²) in [5, 5.41) is 3.27. The van der Waals surface area contributed by atoms with E-state index < -0.39 is 0 Å². The molecule has 0 aliphatic carbocycles. The van der Waals surface area contributed by atoms with Gasteiger partial charge in [0, 0.05) is 32.3 Å². The van der Waals surface area contributed by atoms with E-state index in [9.17, 15) is 4.79 Å². The molecular formula is C15H22N4O2. The molecule has 1 atom stereocenters. The van der Waals surface area contributed by atoms with E-state index in [2.05, 4.69) is 15.3 Å². The molecule has 2 fully saturated rings. The quantitative estimate of drug-likeness (QED) is 0.912. The molecule has 6 nitrogen and oxygen atoms in total. The number of nitrogens with zero attached hydrogens (tertiary/aromatic N) is 3. The molecule has 3 heterocycles. The van der Waals surface area contributed by atoms with Crippen molar-refractivity contribution < 1.29 is 9.53 Å². The van der Waals surface area contributed by atoms with Crippen LogP contribution in [0.1, 0.15) is 42.0 Å². The molecule has 3 rings (SSSR count). The molecule has 2 aliphatic heterocycles. The fourth-order valence-electron chi connectivity index (χ4n) is 2.87. The van der Waals surface area contributed by atoms with Crippen LogP contribution < -0.4 is 5.32 Å². The number of ether oxygens (including phenoxy) is 1. The largest absolute Gasteiger partial charge is 0.376 e. The van der Waals surface area contributed by atoms with Gasteiger partial charge in [0.15, 0.2) is 0 Å². The number of amides is 1. The minimum Gasteiger partial charge on any atom is -0.376 e. The Kier molecular flexibility index (Phi) is 4.34. The zero-order valence-corrected chi connectivity index (χ0v) is 12.5. The molecule has 1 amide bonds. The average Bonchev–Trinajstić information content (AvgIpc) is 3.17. The van der Waals surface area contributed by atoms with Crippen LogP contribution in [-0.2, 0) is 4.74 Å². The van der Waals surface area contributed by atoms with Gasteiger partial charge in [-0.2, -0.15) is 0 Å². The van der Waals surface area contributed by atoms with Crippen molar-refractivity contribution in [2.75, 3.05) is 31.6 Å². The first-order chi connectivity index (χ1) is 10.2. The Morgan fingerprint density at radius 2 is 2.19 bits per heavy atom. The molecule has 21 heavy (non-hydrogen) atoms. The van der Waals surface area contributed by atoms with Crippen LogP contribution in [0.4, 0.5) is 5.82 Å². The number of likely N-dealkylation sites (tertiary alicyclic amines) is 1. The number of nitrogens with one attached hydrogen (secondary N) is 1. The second-order valence-corrected chi connectivity index (χ2v) is 5.70. The van der Waals surface area contributed by atoms with Gasteiger partial charge in [-0.25, -0.2) is 9.97 Å². The normalized spacial score (nSPS) is 21.8. The second-order valence-electron chi connectivity index (χ2n) is 5.70. The van der Waals surface area contributed by atoms with E-state index in [1.807, 2.05) is 11.8 Å². The monoisotopic (exact) mass is 290 g/mol. The van der Waals surface area contributed by atoms with Crippen molar-refractivity contribution in [3.63, 3.8) is 0 Å². The average molecular weight is 290 g/mol. The van der Waals surface area contributed by atoms with Gasteiger partial charge >= 0.3 is 0 Å². The van der Waals surface area contributed by atoms with E-state index in [1.54, 1.807) is 6.07 Å². The number of hydrogen-bond acceptors (Lipinski definition) is 5. The molecule has 0 spiro atoms. The van der Waals surface area contributed by atoms with Gasteiger partial charge < -0.3 is 15.0 Å². The fraction of sp³-hybridized carbons (Fsp3) is 0.667. The molecule has 0 radical (unpaired) electrons. The highest BCUT2D eigenvalue weighted by Crippen LogP contribution is 2.16. The first kappa shape index (κ1) is 14.3. The summed E-state index contributed by atoms with van der Waals surface area (Å²) in [6, 6.07) is 1.75. The van der Waals surface area contributed by atoms with Crippen molar-refractivity contribution in [1.29, 1.82) is 0 Å². The maximum Gasteiger partial charge on any atom is 0.272 e. The molecule has 0 unspecified atom stereocenters. The van der Waals surface area contributed by atoms with Crippen molar-refractivity contribution in [2.24, 2.45) is 0 Å². The van der Waals surface area contributed by atoms with Crippen LogP contribution in [0.3, 0.4) is 0 Å². The Hall–Kier alpha value is -1.69. The van der Waals surface area contributed by atoms with E-state index in [4.69, 9.17) is 4.74 Å². The third-order valence-corrected chi connectivity index (χ3v) is 3.99. The summed E-state index contributed by atoms with van der Waals surface area (Å²) >= 11 is 0. The van der Waals surface area contributed by atoms with Gasteiger partial charge in [0.05, 0.1) is 6.10 Å². The summed E-state index contributed by atoms with van der Waals surface area (Å²) in [6.45, 7) is 5.06. The van der Waals surface area contributed by atoms with Gasteiger partial charge in [0.25, 0.3) is 5.91 Å². The molecule has 2 aliphatic rings. The van der Waals surface area contributed by atoms with Crippen LogP contribution in [0.5, 0.6) is 0 Å². The molecule has 1 N–H and O–H groups in total. The van der Waals surface area contributed by atoms with Crippen LogP contribution in [0.15, 0.2) is 6.07 Å². The molecular weight excluding hydrogens is 268 g/mol. The van der Waals surface area contributed by atoms with Crippen LogP contribution in [0.25, 0.3) is 0 Å². The predicted molar refractivity (Wildman–Crippen MR) is 79.4 cm³/mol. The molecule has 114 valence electrons. The maximum atomic E-state index is 12.4. The lowest BCUT2D eigenvalue weighted by Gasteiger charge is -2.16. The SMILES string of the molecule is Cc1nc(NC[C@H]2CCCO2)cc(C(=O)N2CCCC2)n1. The van der Waals surface area contributed by atoms with Crippen molar-refractivity contribution in [1.82, 2.24) is 14.9 Å². The summed E-state index contributed by atoms with van der Waals surface area (Å²) in [5.41, 5.74) is 0.485. The Morgan fingerprint density at radius 1 is 1.38 bits per heavy atom. The van der Waals surface area contributed by atoms with Crippen molar-refractivity contribution in [2.45, 2.75) is 38.7 Å². The highest BCUT2D eigenvalue weighted by Gasteiger charge is 2.22. The number of carbonyl (C=O) groups is 1. The summed E-state index contributed by atoms with van der Waals surface area (Å²) in [4.78, 5) is 22.9. The molecule has 0 bridgehead atoms. The minimum absolute atomic E-state index is 0.0122. The lowest BCUT2D eigenvalue weighted by atomic mass is 10.2. The highest BCUT2D eigenvalue weighted by molar-refractivity contribution is 5.93. The van der Waals surface area contributed by atoms with E-state index in [1.165, 1.54) is 0 Å². The number of aryl methyl sites for hydroxylation is 1. The smallest absolute Gasteiger partial charge is 0.272 e. The van der Waals surface area contributed by atoms with Crippen LogP contribution >= 0.6 is 0 Å². The Morgan fingerprint density at radius 3 is 2.90 bits per heavy atom. The molecule has 2 saturated heterocycles. The van der Waals surface area contributed by atoms with E-state index in [-0.39, 0.29) is 12.0 Å². The first-order valence-electron chi connectivity index (χ1n) is 7.73. The zero-order chi connectivity index (χ0) is 14.7. The van der Waals surface area contributed by atoms with Gasteiger partial charge in [-0.05, 0) is 32.6 Å². The fourth-order valence-corrected chi connectivity index (χ4v) is 2.87. The molecule has 6 heteroatoms. The van der Waals surface area contributed by atoms with Gasteiger partial charge in [-0.15, -0.1) is 0 Å². The van der Waals surface area contributed by atoms with E-state index >= 15 is 0 Å². The Balaban J connectivity index is 1.67. The lowest BCUT2D eigenvalue weighted by Crippen LogP contribution is -2.29. The van der Waals surface area contributed by atoms with E-state index in [0.29, 0.717) is 17.3 Å². The van der Waals surface area contributed by atoms with Gasteiger partial charge in [-0.3, -0.25) is 4.79 Å². The summed E-state index contributed by atoms with van der Waals surface area (Å²) in [5.74, 6) is 1.34. The topological polar surface area (TPSA) is 67.4 Å². The number of carbonyl (C=O) groups excluding carboxylic acids is 1.